The summed E-state index contributed by atoms with van der Waals surface area (Å²) in [7, 11) is -0.209. The van der Waals surface area contributed by atoms with Gasteiger partial charge in [-0.1, -0.05) is 65.1 Å². The van der Waals surface area contributed by atoms with E-state index in [2.05, 4.69) is 56.3 Å². The Morgan fingerprint density at radius 2 is 1.66 bits per heavy atom. The fourth-order valence-electron chi connectivity index (χ4n) is 4.78. The van der Waals surface area contributed by atoms with Crippen molar-refractivity contribution in [2.45, 2.75) is 33.6 Å². The number of carbonyl (C=O) groups excluding carboxylic acids is 1. The Kier molecular flexibility index (Phi) is 9.45. The molecule has 0 radical (unpaired) electrons. The molecule has 0 spiro atoms. The predicted octanol–water partition coefficient (Wildman–Crippen LogP) is 7.53. The molecule has 0 bridgehead atoms. The van der Waals surface area contributed by atoms with Gasteiger partial charge in [0.1, 0.15) is 11.6 Å². The number of ether oxygens (including phenoxy) is 1. The molecule has 4 aromatic rings. The van der Waals surface area contributed by atoms with Gasteiger partial charge in [0.2, 0.25) is 11.8 Å². The Bertz CT molecular complexity index is 1670. The lowest BCUT2D eigenvalue weighted by molar-refractivity contribution is 0.254. The first-order chi connectivity index (χ1) is 21.1. The van der Waals surface area contributed by atoms with E-state index < -0.39 is 6.03 Å². The number of nitrogens with zero attached hydrogens (tertiary/aromatic N) is 3. The molecule has 3 aromatic carbocycles. The Labute approximate surface area is 260 Å². The maximum atomic E-state index is 13.3. The van der Waals surface area contributed by atoms with Crippen molar-refractivity contribution in [3.05, 3.63) is 84.8 Å². The van der Waals surface area contributed by atoms with Gasteiger partial charge < -0.3 is 25.7 Å². The second kappa shape index (κ2) is 13.4. The average Bonchev–Trinajstić information content (AvgIpc) is 3.54. The highest BCUT2D eigenvalue weighted by Crippen LogP contribution is 2.34. The summed E-state index contributed by atoms with van der Waals surface area (Å²) in [6.45, 7) is 12.2. The normalized spacial score (nSPS) is 13.7. The summed E-state index contributed by atoms with van der Waals surface area (Å²) in [5, 5.41) is 20.7. The number of benzene rings is 3. The van der Waals surface area contributed by atoms with Crippen molar-refractivity contribution in [3.63, 3.8) is 0 Å². The number of amides is 2. The number of allylic oxidation sites excluding steroid dienone is 1. The van der Waals surface area contributed by atoms with Gasteiger partial charge in [0.25, 0.3) is 0 Å². The smallest absolute Gasteiger partial charge is 0.324 e. The van der Waals surface area contributed by atoms with Crippen molar-refractivity contribution >= 4 is 53.1 Å². The van der Waals surface area contributed by atoms with E-state index in [0.29, 0.717) is 34.8 Å². The molecule has 10 heteroatoms. The van der Waals surface area contributed by atoms with E-state index in [1.807, 2.05) is 69.3 Å². The number of rotatable bonds is 9. The molecule has 4 N–H and O–H groups in total. The Balaban J connectivity index is 1.35. The van der Waals surface area contributed by atoms with Crippen LogP contribution in [0, 0.1) is 10.8 Å². The van der Waals surface area contributed by atoms with E-state index in [1.54, 1.807) is 18.3 Å². The van der Waals surface area contributed by atoms with Crippen LogP contribution in [0.15, 0.2) is 84.8 Å². The standard InChI is InChI=1S/C34H40N7O2P/c1-34(2,3)29(35)22-30(37-23-12-14-24(15-13-23)44(4)5)39-33(42)38-27-16-17-28(26-11-7-6-10-25(26)27)43-31-18-19-36-32(40-31)41-20-8-9-21-41/h6-7,10-19,22,35,37H,8-9,20-21H2,1-5H3,(H2,38,39,42)/b30-22+,35-29?. The second-order valence-electron chi connectivity index (χ2n) is 12.0. The fourth-order valence-corrected chi connectivity index (χ4v) is 5.52. The second-order valence-corrected chi connectivity index (χ2v) is 14.3. The van der Waals surface area contributed by atoms with Crippen LogP contribution in [0.1, 0.15) is 33.6 Å². The molecule has 5 rings (SSSR count). The van der Waals surface area contributed by atoms with Crippen molar-refractivity contribution in [3.8, 4) is 11.6 Å². The minimum Gasteiger partial charge on any atom is -0.438 e. The number of urea groups is 1. The maximum absolute atomic E-state index is 13.3. The molecular formula is C34H40N7O2P. The van der Waals surface area contributed by atoms with Crippen LogP contribution in [-0.2, 0) is 0 Å². The topological polar surface area (TPSA) is 115 Å². The largest absolute Gasteiger partial charge is 0.438 e. The number of aromatic nitrogens is 2. The summed E-state index contributed by atoms with van der Waals surface area (Å²) in [4.78, 5) is 24.6. The molecule has 2 amide bonds. The van der Waals surface area contributed by atoms with Gasteiger partial charge in [-0.05, 0) is 55.7 Å². The van der Waals surface area contributed by atoms with Crippen molar-refractivity contribution in [2.24, 2.45) is 5.41 Å². The third-order valence-corrected chi connectivity index (χ3v) is 8.69. The summed E-state index contributed by atoms with van der Waals surface area (Å²) in [6, 6.07) is 20.9. The maximum Gasteiger partial charge on any atom is 0.324 e. The van der Waals surface area contributed by atoms with Crippen LogP contribution in [0.3, 0.4) is 0 Å². The van der Waals surface area contributed by atoms with Crippen molar-refractivity contribution in [1.82, 2.24) is 15.3 Å². The van der Waals surface area contributed by atoms with E-state index in [4.69, 9.17) is 10.1 Å². The Hall–Kier alpha value is -4.49. The van der Waals surface area contributed by atoms with E-state index in [9.17, 15) is 4.79 Å². The molecule has 0 unspecified atom stereocenters. The van der Waals surface area contributed by atoms with Crippen LogP contribution in [-0.4, -0.2) is 48.1 Å². The molecule has 9 nitrogen and oxygen atoms in total. The number of nitrogens with one attached hydrogen (secondary N) is 4. The molecule has 0 aliphatic carbocycles. The van der Waals surface area contributed by atoms with Gasteiger partial charge in [0.15, 0.2) is 0 Å². The predicted molar refractivity (Wildman–Crippen MR) is 183 cm³/mol. The van der Waals surface area contributed by atoms with Crippen LogP contribution in [0.25, 0.3) is 10.8 Å². The summed E-state index contributed by atoms with van der Waals surface area (Å²) < 4.78 is 6.23. The van der Waals surface area contributed by atoms with Crippen molar-refractivity contribution in [1.29, 1.82) is 5.41 Å². The molecule has 1 aromatic heterocycles. The summed E-state index contributed by atoms with van der Waals surface area (Å²) in [6.07, 6.45) is 5.66. The molecule has 44 heavy (non-hydrogen) atoms. The lowest BCUT2D eigenvalue weighted by Crippen LogP contribution is -2.32. The molecule has 0 saturated carbocycles. The lowest BCUT2D eigenvalue weighted by Gasteiger charge is -2.20. The number of fused-ring (bicyclic) bond motifs is 1. The zero-order chi connectivity index (χ0) is 31.3. The molecule has 1 fully saturated rings. The fraction of sp³-hybridized carbons (Fsp3) is 0.294. The number of hydrogen-bond donors (Lipinski definition) is 4. The highest BCUT2D eigenvalue weighted by Gasteiger charge is 2.19. The van der Waals surface area contributed by atoms with E-state index in [1.165, 1.54) is 5.30 Å². The monoisotopic (exact) mass is 609 g/mol. The molecule has 2 heterocycles. The van der Waals surface area contributed by atoms with Gasteiger partial charge in [-0.3, -0.25) is 5.32 Å². The van der Waals surface area contributed by atoms with Crippen LogP contribution < -0.4 is 30.9 Å². The third kappa shape index (κ3) is 7.71. The van der Waals surface area contributed by atoms with Crippen LogP contribution in [0.2, 0.25) is 0 Å². The zero-order valence-electron chi connectivity index (χ0n) is 25.9. The molecule has 228 valence electrons. The van der Waals surface area contributed by atoms with E-state index in [0.717, 1.165) is 42.4 Å². The molecule has 1 saturated heterocycles. The quantitative estimate of drug-likeness (QED) is 0.115. The first-order valence-corrected chi connectivity index (χ1v) is 17.0. The van der Waals surface area contributed by atoms with Gasteiger partial charge in [-0.25, -0.2) is 9.78 Å². The SMILES string of the molecule is CP(C)c1ccc(N/C(=C\C(=N)C(C)(C)C)NC(=O)Nc2ccc(Oc3ccnc(N4CCCC4)n3)c3ccccc23)cc1. The van der Waals surface area contributed by atoms with Gasteiger partial charge in [0.05, 0.1) is 5.69 Å². The average molecular weight is 610 g/mol. The Morgan fingerprint density at radius 1 is 0.955 bits per heavy atom. The zero-order valence-corrected chi connectivity index (χ0v) is 26.8. The van der Waals surface area contributed by atoms with Gasteiger partial charge in [-0.15, -0.1) is 0 Å². The number of hydrogen-bond acceptors (Lipinski definition) is 7. The van der Waals surface area contributed by atoms with E-state index in [-0.39, 0.29) is 13.3 Å². The van der Waals surface area contributed by atoms with Gasteiger partial charge in [0, 0.05) is 59.0 Å². The first-order valence-electron chi connectivity index (χ1n) is 14.8. The number of anilines is 3. The lowest BCUT2D eigenvalue weighted by atomic mass is 9.90. The number of carbonyl (C=O) groups is 1. The minimum atomic E-state index is -0.433. The molecule has 0 atom stereocenters. The van der Waals surface area contributed by atoms with Crippen LogP contribution >= 0.6 is 7.92 Å². The Morgan fingerprint density at radius 3 is 2.34 bits per heavy atom. The van der Waals surface area contributed by atoms with Crippen LogP contribution in [0.5, 0.6) is 11.6 Å². The van der Waals surface area contributed by atoms with Crippen LogP contribution in [0.4, 0.5) is 22.1 Å². The van der Waals surface area contributed by atoms with Crippen molar-refractivity contribution in [2.75, 3.05) is 42.0 Å². The summed E-state index contributed by atoms with van der Waals surface area (Å²) in [5.74, 6) is 2.18. The minimum absolute atomic E-state index is 0.209. The van der Waals surface area contributed by atoms with Crippen molar-refractivity contribution < 1.29 is 9.53 Å². The summed E-state index contributed by atoms with van der Waals surface area (Å²) in [5.41, 5.74) is 1.44. The van der Waals surface area contributed by atoms with E-state index >= 15 is 0 Å². The highest BCUT2D eigenvalue weighted by molar-refractivity contribution is 7.64. The van der Waals surface area contributed by atoms with Gasteiger partial charge in [-0.2, -0.15) is 4.98 Å². The molecule has 1 aliphatic rings. The van der Waals surface area contributed by atoms with Gasteiger partial charge >= 0.3 is 6.03 Å². The third-order valence-electron chi connectivity index (χ3n) is 7.36. The molecule has 1 aliphatic heterocycles. The first kappa shape index (κ1) is 31.0. The molecular weight excluding hydrogens is 569 g/mol. The summed E-state index contributed by atoms with van der Waals surface area (Å²) >= 11 is 0. The highest BCUT2D eigenvalue weighted by atomic mass is 31.1.